The molecule has 1 atom stereocenters. The van der Waals surface area contributed by atoms with Gasteiger partial charge >= 0.3 is 5.97 Å². The molecule has 0 saturated carbocycles. The summed E-state index contributed by atoms with van der Waals surface area (Å²) < 4.78 is 0. The number of hydrogen-bond donors (Lipinski definition) is 2. The first-order chi connectivity index (χ1) is 5.57. The molecule has 0 rings (SSSR count). The van der Waals surface area contributed by atoms with Crippen molar-refractivity contribution in [1.82, 2.24) is 5.32 Å². The summed E-state index contributed by atoms with van der Waals surface area (Å²) in [6, 6.07) is -0.951. The molecule has 0 radical (unpaired) electrons. The maximum absolute atomic E-state index is 10.5. The summed E-state index contributed by atoms with van der Waals surface area (Å²) in [4.78, 5) is 30.8. The van der Waals surface area contributed by atoms with Crippen LogP contribution in [0.5, 0.6) is 0 Å². The molecule has 0 aliphatic heterocycles. The summed E-state index contributed by atoms with van der Waals surface area (Å²) in [7, 11) is 0. The van der Waals surface area contributed by atoms with Gasteiger partial charge in [-0.05, 0) is 6.42 Å². The number of amides is 1. The molecule has 12 heavy (non-hydrogen) atoms. The van der Waals surface area contributed by atoms with E-state index in [9.17, 15) is 14.4 Å². The van der Waals surface area contributed by atoms with Crippen LogP contribution < -0.4 is 5.32 Å². The van der Waals surface area contributed by atoms with E-state index in [1.54, 1.807) is 0 Å². The Bertz CT molecular complexity index is 190. The lowest BCUT2D eigenvalue weighted by Gasteiger charge is -2.10. The average Bonchev–Trinajstić information content (AvgIpc) is 1.96. The largest absolute Gasteiger partial charge is 0.480 e. The predicted octanol–water partition coefficient (Wildman–Crippen LogP) is -0.445. The third-order valence-corrected chi connectivity index (χ3v) is 1.25. The van der Waals surface area contributed by atoms with E-state index in [-0.39, 0.29) is 12.8 Å². The van der Waals surface area contributed by atoms with Gasteiger partial charge in [-0.3, -0.25) is 4.79 Å². The maximum Gasteiger partial charge on any atom is 0.326 e. The zero-order valence-electron chi connectivity index (χ0n) is 6.74. The van der Waals surface area contributed by atoms with Gasteiger partial charge in [0.05, 0.1) is 0 Å². The van der Waals surface area contributed by atoms with Crippen LogP contribution in [-0.4, -0.2) is 29.3 Å². The van der Waals surface area contributed by atoms with E-state index in [0.29, 0.717) is 6.29 Å². The monoisotopic (exact) mass is 173 g/mol. The van der Waals surface area contributed by atoms with Crippen LogP contribution >= 0.6 is 0 Å². The highest BCUT2D eigenvalue weighted by molar-refractivity contribution is 5.82. The lowest BCUT2D eigenvalue weighted by atomic mass is 10.1. The van der Waals surface area contributed by atoms with E-state index in [1.165, 1.54) is 6.92 Å². The normalized spacial score (nSPS) is 11.8. The molecule has 0 fully saturated rings. The summed E-state index contributed by atoms with van der Waals surface area (Å²) in [5.41, 5.74) is 0. The fourth-order valence-electron chi connectivity index (χ4n) is 0.737. The molecule has 1 amide bonds. The van der Waals surface area contributed by atoms with E-state index in [0.717, 1.165) is 0 Å². The molecule has 0 spiro atoms. The minimum absolute atomic E-state index is 0.136. The Morgan fingerprint density at radius 3 is 2.50 bits per heavy atom. The fraction of sp³-hybridized carbons (Fsp3) is 0.571. The van der Waals surface area contributed by atoms with E-state index in [2.05, 4.69) is 5.32 Å². The van der Waals surface area contributed by atoms with Gasteiger partial charge in [0, 0.05) is 13.3 Å². The first-order valence-electron chi connectivity index (χ1n) is 3.51. The molecule has 0 aromatic rings. The van der Waals surface area contributed by atoms with Crippen LogP contribution in [0, 0.1) is 0 Å². The van der Waals surface area contributed by atoms with Gasteiger partial charge in [-0.2, -0.15) is 0 Å². The van der Waals surface area contributed by atoms with E-state index < -0.39 is 17.9 Å². The Morgan fingerprint density at radius 2 is 2.17 bits per heavy atom. The number of rotatable bonds is 5. The molecule has 2 N–H and O–H groups in total. The van der Waals surface area contributed by atoms with Crippen LogP contribution in [0.4, 0.5) is 0 Å². The Hall–Kier alpha value is -1.39. The predicted molar refractivity (Wildman–Crippen MR) is 40.5 cm³/mol. The van der Waals surface area contributed by atoms with Gasteiger partial charge in [-0.1, -0.05) is 0 Å². The SMILES string of the molecule is CC(=O)N[C@@H](CCC=O)C(=O)O. The smallest absolute Gasteiger partial charge is 0.326 e. The molecule has 0 aromatic carbocycles. The first kappa shape index (κ1) is 10.6. The molecule has 0 unspecified atom stereocenters. The molecular weight excluding hydrogens is 162 g/mol. The van der Waals surface area contributed by atoms with E-state index >= 15 is 0 Å². The molecule has 5 heteroatoms. The van der Waals surface area contributed by atoms with Crippen LogP contribution in [-0.2, 0) is 14.4 Å². The number of carbonyl (C=O) groups excluding carboxylic acids is 2. The number of aliphatic carboxylic acids is 1. The summed E-state index contributed by atoms with van der Waals surface area (Å²) in [5.74, 6) is -1.53. The third kappa shape index (κ3) is 4.43. The van der Waals surface area contributed by atoms with Crippen molar-refractivity contribution in [1.29, 1.82) is 0 Å². The van der Waals surface area contributed by atoms with Gasteiger partial charge < -0.3 is 15.2 Å². The number of aldehydes is 1. The molecule has 0 aliphatic carbocycles. The van der Waals surface area contributed by atoms with Crippen molar-refractivity contribution >= 4 is 18.2 Å². The number of nitrogens with one attached hydrogen (secondary N) is 1. The number of hydrogen-bond acceptors (Lipinski definition) is 3. The van der Waals surface area contributed by atoms with E-state index in [1.807, 2.05) is 0 Å². The number of carbonyl (C=O) groups is 3. The quantitative estimate of drug-likeness (QED) is 0.552. The van der Waals surface area contributed by atoms with Crippen molar-refractivity contribution in [3.05, 3.63) is 0 Å². The first-order valence-corrected chi connectivity index (χ1v) is 3.51. The highest BCUT2D eigenvalue weighted by Gasteiger charge is 2.16. The van der Waals surface area contributed by atoms with Crippen molar-refractivity contribution in [3.8, 4) is 0 Å². The summed E-state index contributed by atoms with van der Waals surface area (Å²) >= 11 is 0. The van der Waals surface area contributed by atoms with Crippen LogP contribution in [0.3, 0.4) is 0 Å². The molecule has 5 nitrogen and oxygen atoms in total. The zero-order chi connectivity index (χ0) is 9.56. The van der Waals surface area contributed by atoms with Gasteiger partial charge in [-0.15, -0.1) is 0 Å². The summed E-state index contributed by atoms with van der Waals surface area (Å²) in [6.07, 6.45) is 0.896. The van der Waals surface area contributed by atoms with Crippen LogP contribution in [0.1, 0.15) is 19.8 Å². The maximum atomic E-state index is 10.5. The van der Waals surface area contributed by atoms with Crippen molar-refractivity contribution in [2.45, 2.75) is 25.8 Å². The minimum atomic E-state index is -1.12. The molecule has 68 valence electrons. The molecule has 0 heterocycles. The molecule has 0 aliphatic rings. The van der Waals surface area contributed by atoms with Crippen molar-refractivity contribution < 1.29 is 19.5 Å². The highest BCUT2D eigenvalue weighted by atomic mass is 16.4. The van der Waals surface area contributed by atoms with E-state index in [4.69, 9.17) is 5.11 Å². The Kier molecular flexibility index (Phi) is 4.67. The van der Waals surface area contributed by atoms with Gasteiger partial charge in [0.1, 0.15) is 12.3 Å². The average molecular weight is 173 g/mol. The molecule has 0 bridgehead atoms. The number of carboxylic acids is 1. The standard InChI is InChI=1S/C7H11NO4/c1-5(10)8-6(7(11)12)3-2-4-9/h4,6H,2-3H2,1H3,(H,8,10)(H,11,12)/t6-/m0/s1. The van der Waals surface area contributed by atoms with Crippen molar-refractivity contribution in [2.24, 2.45) is 0 Å². The third-order valence-electron chi connectivity index (χ3n) is 1.25. The molecular formula is C7H11NO4. The minimum Gasteiger partial charge on any atom is -0.480 e. The topological polar surface area (TPSA) is 83.5 Å². The number of carboxylic acid groups (broad SMARTS) is 1. The molecule has 0 aromatic heterocycles. The van der Waals surface area contributed by atoms with Gasteiger partial charge in [-0.25, -0.2) is 4.79 Å². The zero-order valence-corrected chi connectivity index (χ0v) is 6.74. The van der Waals surface area contributed by atoms with Crippen LogP contribution in [0.25, 0.3) is 0 Å². The second kappa shape index (κ2) is 5.29. The van der Waals surface area contributed by atoms with Gasteiger partial charge in [0.2, 0.25) is 5.91 Å². The second-order valence-electron chi connectivity index (χ2n) is 2.34. The molecule has 0 saturated heterocycles. The second-order valence-corrected chi connectivity index (χ2v) is 2.34. The Balaban J connectivity index is 3.94. The Labute approximate surface area is 69.8 Å². The van der Waals surface area contributed by atoms with Crippen LogP contribution in [0.15, 0.2) is 0 Å². The fourth-order valence-corrected chi connectivity index (χ4v) is 0.737. The lowest BCUT2D eigenvalue weighted by Crippen LogP contribution is -2.39. The lowest BCUT2D eigenvalue weighted by molar-refractivity contribution is -0.141. The van der Waals surface area contributed by atoms with Crippen LogP contribution in [0.2, 0.25) is 0 Å². The highest BCUT2D eigenvalue weighted by Crippen LogP contribution is 1.95. The van der Waals surface area contributed by atoms with Gasteiger partial charge in [0.15, 0.2) is 0 Å². The van der Waals surface area contributed by atoms with Crippen molar-refractivity contribution in [2.75, 3.05) is 0 Å². The summed E-state index contributed by atoms with van der Waals surface area (Å²) in [5, 5.41) is 10.7. The Morgan fingerprint density at radius 1 is 1.58 bits per heavy atom. The van der Waals surface area contributed by atoms with Gasteiger partial charge in [0.25, 0.3) is 0 Å². The van der Waals surface area contributed by atoms with Crippen molar-refractivity contribution in [3.63, 3.8) is 0 Å². The summed E-state index contributed by atoms with van der Waals surface area (Å²) in [6.45, 7) is 1.23.